The van der Waals surface area contributed by atoms with Gasteiger partial charge >= 0.3 is 6.18 Å². The van der Waals surface area contributed by atoms with Crippen molar-refractivity contribution in [3.8, 4) is 11.3 Å². The summed E-state index contributed by atoms with van der Waals surface area (Å²) in [6.45, 7) is 3.25. The molecule has 1 N–H and O–H groups in total. The van der Waals surface area contributed by atoms with Crippen molar-refractivity contribution in [2.75, 3.05) is 0 Å². The minimum absolute atomic E-state index is 0.225. The normalized spacial score (nSPS) is 13.8. The van der Waals surface area contributed by atoms with Gasteiger partial charge in [0.15, 0.2) is 0 Å². The summed E-state index contributed by atoms with van der Waals surface area (Å²) in [4.78, 5) is 16.3. The van der Waals surface area contributed by atoms with Crippen molar-refractivity contribution in [3.05, 3.63) is 76.1 Å². The topological polar surface area (TPSA) is 42.0 Å². The molecular weight excluding hydrogens is 373 g/mol. The highest BCUT2D eigenvalue weighted by molar-refractivity contribution is 7.10. The Morgan fingerprint density at radius 2 is 1.70 bits per heavy atom. The summed E-state index contributed by atoms with van der Waals surface area (Å²) in [6.07, 6.45) is -4.41. The number of amides is 1. The molecule has 0 aliphatic heterocycles. The number of nitrogens with one attached hydrogen (secondary N) is 1. The molecule has 0 spiro atoms. The molecule has 3 rings (SSSR count). The van der Waals surface area contributed by atoms with Gasteiger partial charge in [0.2, 0.25) is 5.91 Å². The fraction of sp³-hybridized carbons (Fsp3) is 0.200. The van der Waals surface area contributed by atoms with E-state index >= 15 is 0 Å². The first-order chi connectivity index (χ1) is 12.7. The van der Waals surface area contributed by atoms with E-state index in [-0.39, 0.29) is 5.91 Å². The van der Waals surface area contributed by atoms with E-state index < -0.39 is 17.3 Å². The highest BCUT2D eigenvalue weighted by Crippen LogP contribution is 2.36. The lowest BCUT2D eigenvalue weighted by molar-refractivity contribution is -0.137. The van der Waals surface area contributed by atoms with Crippen molar-refractivity contribution in [2.24, 2.45) is 0 Å². The van der Waals surface area contributed by atoms with E-state index in [0.717, 1.165) is 17.7 Å². The molecule has 1 heterocycles. The van der Waals surface area contributed by atoms with Gasteiger partial charge in [-0.1, -0.05) is 42.5 Å². The molecule has 1 unspecified atom stereocenters. The second-order valence-corrected chi connectivity index (χ2v) is 7.15. The molecule has 27 heavy (non-hydrogen) atoms. The van der Waals surface area contributed by atoms with Crippen molar-refractivity contribution in [2.45, 2.75) is 25.6 Å². The Bertz CT molecular complexity index is 953. The van der Waals surface area contributed by atoms with Gasteiger partial charge in [0.25, 0.3) is 0 Å². The third-order valence-electron chi connectivity index (χ3n) is 4.19. The Morgan fingerprint density at radius 1 is 1.04 bits per heavy atom. The molecule has 0 bridgehead atoms. The molecule has 3 aromatic rings. The molecule has 0 aliphatic carbocycles. The molecule has 1 amide bonds. The third kappa shape index (κ3) is 4.03. The lowest BCUT2D eigenvalue weighted by Gasteiger charge is -2.29. The molecule has 0 saturated carbocycles. The summed E-state index contributed by atoms with van der Waals surface area (Å²) < 4.78 is 38.9. The van der Waals surface area contributed by atoms with Crippen LogP contribution in [0.2, 0.25) is 0 Å². The molecule has 1 atom stereocenters. The second-order valence-electron chi connectivity index (χ2n) is 6.29. The summed E-state index contributed by atoms with van der Waals surface area (Å²) >= 11 is 1.29. The first-order valence-corrected chi connectivity index (χ1v) is 9.06. The Morgan fingerprint density at radius 3 is 2.33 bits per heavy atom. The smallest absolute Gasteiger partial charge is 0.341 e. The van der Waals surface area contributed by atoms with Gasteiger partial charge in [-0.15, -0.1) is 11.3 Å². The second kappa shape index (κ2) is 7.15. The van der Waals surface area contributed by atoms with Crippen molar-refractivity contribution in [1.82, 2.24) is 10.3 Å². The molecule has 7 heteroatoms. The maximum absolute atomic E-state index is 13.0. The molecule has 140 valence electrons. The predicted molar refractivity (Wildman–Crippen MR) is 99.3 cm³/mol. The Hall–Kier alpha value is -2.67. The van der Waals surface area contributed by atoms with Crippen LogP contribution in [0.25, 0.3) is 11.3 Å². The number of alkyl halides is 3. The number of carbonyl (C=O) groups is 1. The van der Waals surface area contributed by atoms with Crippen LogP contribution in [0.4, 0.5) is 13.2 Å². The SMILES string of the molecule is CC(=O)NC(C)(c1ccccc1)c1nc(-c2cccc(C(F)(F)F)c2)cs1. The van der Waals surface area contributed by atoms with E-state index in [1.807, 2.05) is 37.3 Å². The summed E-state index contributed by atoms with van der Waals surface area (Å²) in [5, 5.41) is 5.21. The van der Waals surface area contributed by atoms with Gasteiger partial charge in [0.05, 0.1) is 11.3 Å². The molecule has 1 aromatic heterocycles. The summed E-state index contributed by atoms with van der Waals surface area (Å²) in [6, 6.07) is 14.4. The van der Waals surface area contributed by atoms with Crippen LogP contribution >= 0.6 is 11.3 Å². The average Bonchev–Trinajstić information content (AvgIpc) is 3.12. The van der Waals surface area contributed by atoms with Crippen LogP contribution in [0.3, 0.4) is 0 Å². The van der Waals surface area contributed by atoms with Gasteiger partial charge in [-0.05, 0) is 24.6 Å². The molecular formula is C20H17F3N2OS. The molecule has 3 nitrogen and oxygen atoms in total. The lowest BCUT2D eigenvalue weighted by Crippen LogP contribution is -2.43. The van der Waals surface area contributed by atoms with Crippen molar-refractivity contribution in [3.63, 3.8) is 0 Å². The first-order valence-electron chi connectivity index (χ1n) is 8.18. The zero-order valence-corrected chi connectivity index (χ0v) is 15.5. The number of benzene rings is 2. The number of hydrogen-bond donors (Lipinski definition) is 1. The van der Waals surface area contributed by atoms with Crippen molar-refractivity contribution >= 4 is 17.2 Å². The molecule has 2 aromatic carbocycles. The van der Waals surface area contributed by atoms with E-state index in [0.29, 0.717) is 16.3 Å². The van der Waals surface area contributed by atoms with Crippen molar-refractivity contribution < 1.29 is 18.0 Å². The van der Waals surface area contributed by atoms with Gasteiger partial charge in [-0.25, -0.2) is 4.98 Å². The van der Waals surface area contributed by atoms with Crippen LogP contribution in [0, 0.1) is 0 Å². The Labute approximate surface area is 158 Å². The fourth-order valence-corrected chi connectivity index (χ4v) is 3.83. The maximum atomic E-state index is 13.0. The Balaban J connectivity index is 2.04. The van der Waals surface area contributed by atoms with Gasteiger partial charge in [-0.2, -0.15) is 13.2 Å². The van der Waals surface area contributed by atoms with Crippen LogP contribution in [0.1, 0.15) is 30.0 Å². The van der Waals surface area contributed by atoms with E-state index in [4.69, 9.17) is 0 Å². The van der Waals surface area contributed by atoms with E-state index in [9.17, 15) is 18.0 Å². The van der Waals surface area contributed by atoms with Gasteiger partial charge in [0, 0.05) is 17.9 Å². The van der Waals surface area contributed by atoms with Crippen LogP contribution in [-0.4, -0.2) is 10.9 Å². The fourth-order valence-electron chi connectivity index (χ4n) is 2.86. The van der Waals surface area contributed by atoms with Crippen LogP contribution < -0.4 is 5.32 Å². The number of thiazole rings is 1. The number of aromatic nitrogens is 1. The predicted octanol–water partition coefficient (Wildman–Crippen LogP) is 5.23. The van der Waals surface area contributed by atoms with Gasteiger partial charge in [0.1, 0.15) is 10.5 Å². The summed E-state index contributed by atoms with van der Waals surface area (Å²) in [5.41, 5.74) is 0.0593. The zero-order chi connectivity index (χ0) is 19.7. The summed E-state index contributed by atoms with van der Waals surface area (Å²) in [7, 11) is 0. The molecule has 0 aliphatic rings. The van der Waals surface area contributed by atoms with E-state index in [1.165, 1.54) is 24.3 Å². The monoisotopic (exact) mass is 390 g/mol. The van der Waals surface area contributed by atoms with E-state index in [1.54, 1.807) is 11.4 Å². The van der Waals surface area contributed by atoms with Crippen LogP contribution in [0.15, 0.2) is 60.0 Å². The minimum Gasteiger partial charge on any atom is -0.341 e. The lowest BCUT2D eigenvalue weighted by atomic mass is 9.92. The highest BCUT2D eigenvalue weighted by atomic mass is 32.1. The van der Waals surface area contributed by atoms with Gasteiger partial charge < -0.3 is 5.32 Å². The third-order valence-corrected chi connectivity index (χ3v) is 5.26. The standard InChI is InChI=1S/C20H17F3N2OS/c1-13(26)25-19(2,15-8-4-3-5-9-15)18-24-17(12-27-18)14-7-6-10-16(11-14)20(21,22)23/h3-12H,1-2H3,(H,25,26). The molecule has 0 radical (unpaired) electrons. The quantitative estimate of drug-likeness (QED) is 0.663. The van der Waals surface area contributed by atoms with Crippen molar-refractivity contribution in [1.29, 1.82) is 0 Å². The van der Waals surface area contributed by atoms with Gasteiger partial charge in [-0.3, -0.25) is 4.79 Å². The number of nitrogens with zero attached hydrogens (tertiary/aromatic N) is 1. The summed E-state index contributed by atoms with van der Waals surface area (Å²) in [5.74, 6) is -0.225. The van der Waals surface area contributed by atoms with E-state index in [2.05, 4.69) is 10.3 Å². The average molecular weight is 390 g/mol. The maximum Gasteiger partial charge on any atom is 0.416 e. The number of halogens is 3. The first kappa shape index (κ1) is 19.1. The molecule has 0 fully saturated rings. The van der Waals surface area contributed by atoms with Crippen LogP contribution in [-0.2, 0) is 16.5 Å². The number of rotatable bonds is 4. The zero-order valence-electron chi connectivity index (χ0n) is 14.7. The number of carbonyl (C=O) groups excluding carboxylic acids is 1. The number of hydrogen-bond acceptors (Lipinski definition) is 3. The Kier molecular flexibility index (Phi) is 5.06. The minimum atomic E-state index is -4.41. The molecule has 0 saturated heterocycles. The largest absolute Gasteiger partial charge is 0.416 e. The van der Waals surface area contributed by atoms with Crippen LogP contribution in [0.5, 0.6) is 0 Å². The highest BCUT2D eigenvalue weighted by Gasteiger charge is 2.34.